The van der Waals surface area contributed by atoms with Gasteiger partial charge in [-0.15, -0.1) is 34.0 Å². The fourth-order valence-corrected chi connectivity index (χ4v) is 10.3. The van der Waals surface area contributed by atoms with Crippen LogP contribution in [0.1, 0.15) is 0 Å². The van der Waals surface area contributed by atoms with Gasteiger partial charge < -0.3 is 4.90 Å². The Kier molecular flexibility index (Phi) is 5.26. The van der Waals surface area contributed by atoms with E-state index in [0.717, 1.165) is 0 Å². The van der Waals surface area contributed by atoms with Gasteiger partial charge in [0.05, 0.1) is 0 Å². The van der Waals surface area contributed by atoms with E-state index in [1.165, 1.54) is 88.4 Å². The van der Waals surface area contributed by atoms with Crippen molar-refractivity contribution in [3.05, 3.63) is 140 Å². The van der Waals surface area contributed by atoms with Crippen LogP contribution < -0.4 is 4.90 Å². The molecule has 0 unspecified atom stereocenters. The molecule has 206 valence electrons. The lowest BCUT2D eigenvalue weighted by molar-refractivity contribution is 1.30. The Morgan fingerprint density at radius 3 is 1.50 bits per heavy atom. The molecule has 3 heterocycles. The van der Waals surface area contributed by atoms with Crippen molar-refractivity contribution >= 4 is 122 Å². The molecule has 0 spiro atoms. The molecule has 10 aromatic rings. The van der Waals surface area contributed by atoms with E-state index in [0.29, 0.717) is 0 Å². The zero-order chi connectivity index (χ0) is 28.8. The van der Waals surface area contributed by atoms with Gasteiger partial charge in [0.15, 0.2) is 0 Å². The molecule has 0 radical (unpaired) electrons. The van der Waals surface area contributed by atoms with E-state index in [9.17, 15) is 0 Å². The zero-order valence-corrected chi connectivity index (χ0v) is 25.9. The van der Waals surface area contributed by atoms with Crippen molar-refractivity contribution in [1.82, 2.24) is 0 Å². The molecule has 0 saturated heterocycles. The smallest absolute Gasteiger partial charge is 0.0476 e. The van der Waals surface area contributed by atoms with Crippen LogP contribution in [-0.4, -0.2) is 0 Å². The summed E-state index contributed by atoms with van der Waals surface area (Å²) in [4.78, 5) is 2.44. The average Bonchev–Trinajstić information content (AvgIpc) is 3.75. The molecule has 0 aliphatic heterocycles. The first kappa shape index (κ1) is 24.7. The monoisotopic (exact) mass is 613 g/mol. The molecular formula is C40H23NS3. The third-order valence-corrected chi connectivity index (χ3v) is 12.3. The summed E-state index contributed by atoms with van der Waals surface area (Å²) in [6.07, 6.45) is 0. The van der Waals surface area contributed by atoms with E-state index in [2.05, 4.69) is 144 Å². The molecule has 0 fully saturated rings. The van der Waals surface area contributed by atoms with Crippen LogP contribution in [0, 0.1) is 0 Å². The van der Waals surface area contributed by atoms with Crippen molar-refractivity contribution in [3.8, 4) is 0 Å². The summed E-state index contributed by atoms with van der Waals surface area (Å²) < 4.78 is 7.96. The number of benzene rings is 7. The standard InChI is InChI=1S/C40H23NS3/c1-2-8-28-24(7-1)13-17-33-34-21-25(16-20-37(34)44-40(28)33)41(26-14-18-31-29-9-3-5-11-35(29)42-38(31)22-26)27-15-19-32-30-10-4-6-12-36(30)43-39(32)23-27/h1-23H. The molecule has 0 aliphatic rings. The Bertz CT molecular complexity index is 2630. The van der Waals surface area contributed by atoms with E-state index in [-0.39, 0.29) is 0 Å². The maximum Gasteiger partial charge on any atom is 0.0476 e. The second-order valence-corrected chi connectivity index (χ2v) is 14.6. The number of thiophene rings is 3. The molecule has 44 heavy (non-hydrogen) atoms. The van der Waals surface area contributed by atoms with Gasteiger partial charge in [-0.3, -0.25) is 0 Å². The molecule has 0 bridgehead atoms. The summed E-state index contributed by atoms with van der Waals surface area (Å²) in [5.41, 5.74) is 3.52. The van der Waals surface area contributed by atoms with E-state index in [4.69, 9.17) is 0 Å². The summed E-state index contributed by atoms with van der Waals surface area (Å²) in [5.74, 6) is 0. The Balaban J connectivity index is 1.22. The zero-order valence-electron chi connectivity index (χ0n) is 23.5. The van der Waals surface area contributed by atoms with Crippen molar-refractivity contribution in [3.63, 3.8) is 0 Å². The third-order valence-electron chi connectivity index (χ3n) is 8.84. The van der Waals surface area contributed by atoms with Crippen LogP contribution in [0.2, 0.25) is 0 Å². The van der Waals surface area contributed by atoms with Crippen molar-refractivity contribution in [2.45, 2.75) is 0 Å². The first-order valence-corrected chi connectivity index (χ1v) is 17.2. The fourth-order valence-electron chi connectivity index (χ4n) is 6.79. The molecule has 0 aliphatic carbocycles. The predicted molar refractivity (Wildman–Crippen MR) is 197 cm³/mol. The van der Waals surface area contributed by atoms with Gasteiger partial charge in [-0.25, -0.2) is 0 Å². The van der Waals surface area contributed by atoms with Crippen molar-refractivity contribution in [1.29, 1.82) is 0 Å². The summed E-state index contributed by atoms with van der Waals surface area (Å²) in [6.45, 7) is 0. The Morgan fingerprint density at radius 2 is 0.818 bits per heavy atom. The van der Waals surface area contributed by atoms with E-state index < -0.39 is 0 Å². The Labute approximate surface area is 265 Å². The van der Waals surface area contributed by atoms with Crippen molar-refractivity contribution in [2.24, 2.45) is 0 Å². The van der Waals surface area contributed by atoms with Gasteiger partial charge in [-0.2, -0.15) is 0 Å². The SMILES string of the molecule is c1ccc2c(c1)ccc1c3cc(N(c4ccc5c(c4)sc4ccccc45)c4ccc5c(c4)sc4ccccc45)ccc3sc21. The predicted octanol–water partition coefficient (Wildman–Crippen LogP) is 13.4. The minimum Gasteiger partial charge on any atom is -0.310 e. The highest BCUT2D eigenvalue weighted by atomic mass is 32.1. The van der Waals surface area contributed by atoms with Gasteiger partial charge in [-0.05, 0) is 65.4 Å². The lowest BCUT2D eigenvalue weighted by Gasteiger charge is -2.26. The molecular weight excluding hydrogens is 591 g/mol. The van der Waals surface area contributed by atoms with Gasteiger partial charge >= 0.3 is 0 Å². The molecule has 0 saturated carbocycles. The Hall–Kier alpha value is -4.74. The minimum atomic E-state index is 1.17. The Morgan fingerprint density at radius 1 is 0.318 bits per heavy atom. The van der Waals surface area contributed by atoms with E-state index in [1.54, 1.807) is 0 Å². The first-order chi connectivity index (χ1) is 21.8. The van der Waals surface area contributed by atoms with Gasteiger partial charge in [0.25, 0.3) is 0 Å². The van der Waals surface area contributed by atoms with Crippen LogP contribution in [-0.2, 0) is 0 Å². The van der Waals surface area contributed by atoms with Crippen LogP contribution in [0.25, 0.3) is 71.3 Å². The lowest BCUT2D eigenvalue weighted by Crippen LogP contribution is -2.09. The molecule has 1 nitrogen and oxygen atoms in total. The fraction of sp³-hybridized carbons (Fsp3) is 0. The number of anilines is 3. The molecule has 4 heteroatoms. The largest absolute Gasteiger partial charge is 0.310 e. The highest BCUT2D eigenvalue weighted by Crippen LogP contribution is 2.45. The summed E-state index contributed by atoms with van der Waals surface area (Å²) in [7, 11) is 0. The van der Waals surface area contributed by atoms with Crippen LogP contribution >= 0.6 is 34.0 Å². The van der Waals surface area contributed by atoms with Crippen molar-refractivity contribution in [2.75, 3.05) is 4.90 Å². The molecule has 7 aromatic carbocycles. The molecule has 0 amide bonds. The van der Waals surface area contributed by atoms with E-state index in [1.807, 2.05) is 34.0 Å². The minimum absolute atomic E-state index is 1.17. The number of hydrogen-bond donors (Lipinski definition) is 0. The van der Waals surface area contributed by atoms with Crippen LogP contribution in [0.3, 0.4) is 0 Å². The van der Waals surface area contributed by atoms with E-state index >= 15 is 0 Å². The second kappa shape index (κ2) is 9.38. The third kappa shape index (κ3) is 3.62. The maximum atomic E-state index is 2.44. The maximum absolute atomic E-state index is 2.44. The van der Waals surface area contributed by atoms with Crippen LogP contribution in [0.5, 0.6) is 0 Å². The summed E-state index contributed by atoms with van der Waals surface area (Å²) >= 11 is 5.64. The molecule has 3 aromatic heterocycles. The van der Waals surface area contributed by atoms with Crippen LogP contribution in [0.15, 0.2) is 140 Å². The average molecular weight is 614 g/mol. The van der Waals surface area contributed by atoms with Gasteiger partial charge in [-0.1, -0.05) is 84.9 Å². The topological polar surface area (TPSA) is 3.24 Å². The first-order valence-electron chi connectivity index (χ1n) is 14.8. The summed E-state index contributed by atoms with van der Waals surface area (Å²) in [5, 5.41) is 10.6. The normalized spacial score (nSPS) is 12.1. The van der Waals surface area contributed by atoms with Gasteiger partial charge in [0, 0.05) is 77.6 Å². The van der Waals surface area contributed by atoms with Gasteiger partial charge in [0.1, 0.15) is 0 Å². The number of nitrogens with zero attached hydrogens (tertiary/aromatic N) is 1. The highest BCUT2D eigenvalue weighted by molar-refractivity contribution is 7.27. The number of fused-ring (bicyclic) bond motifs is 11. The van der Waals surface area contributed by atoms with Crippen molar-refractivity contribution < 1.29 is 0 Å². The lowest BCUT2D eigenvalue weighted by atomic mass is 10.1. The quantitative estimate of drug-likeness (QED) is 0.192. The number of rotatable bonds is 3. The summed E-state index contributed by atoms with van der Waals surface area (Å²) in [6, 6.07) is 51.7. The molecule has 0 atom stereocenters. The number of hydrogen-bond acceptors (Lipinski definition) is 4. The highest BCUT2D eigenvalue weighted by Gasteiger charge is 2.18. The second-order valence-electron chi connectivity index (χ2n) is 11.3. The molecule has 0 N–H and O–H groups in total. The molecule has 10 rings (SSSR count). The van der Waals surface area contributed by atoms with Crippen LogP contribution in [0.4, 0.5) is 17.1 Å². The van der Waals surface area contributed by atoms with Gasteiger partial charge in [0.2, 0.25) is 0 Å².